The largest absolute Gasteiger partial charge is 0.356 e. The topological polar surface area (TPSA) is 68.6 Å². The van der Waals surface area contributed by atoms with Crippen LogP contribution < -0.4 is 4.90 Å². The SMILES string of the molecule is CC1CCN(c2ncnc3[nH]cc(C4=CC=CC(C#N)C4)c23)CC1. The monoisotopic (exact) mass is 319 g/mol. The summed E-state index contributed by atoms with van der Waals surface area (Å²) in [7, 11) is 0. The van der Waals surface area contributed by atoms with Gasteiger partial charge in [-0.2, -0.15) is 5.26 Å². The molecular weight excluding hydrogens is 298 g/mol. The molecule has 1 N–H and O–H groups in total. The van der Waals surface area contributed by atoms with Crippen molar-refractivity contribution in [1.29, 1.82) is 5.26 Å². The fourth-order valence-electron chi connectivity index (χ4n) is 3.63. The molecule has 1 aliphatic carbocycles. The van der Waals surface area contributed by atoms with Crippen LogP contribution in [0.2, 0.25) is 0 Å². The molecule has 122 valence electrons. The van der Waals surface area contributed by atoms with Gasteiger partial charge < -0.3 is 9.88 Å². The molecule has 2 aromatic heterocycles. The van der Waals surface area contributed by atoms with Crippen molar-refractivity contribution >= 4 is 22.4 Å². The van der Waals surface area contributed by atoms with Gasteiger partial charge in [0.25, 0.3) is 0 Å². The van der Waals surface area contributed by atoms with Crippen molar-refractivity contribution in [2.45, 2.75) is 26.2 Å². The number of nitrogens with one attached hydrogen (secondary N) is 1. The summed E-state index contributed by atoms with van der Waals surface area (Å²) in [5.41, 5.74) is 3.18. The molecule has 0 amide bonds. The molecule has 1 fully saturated rings. The lowest BCUT2D eigenvalue weighted by Gasteiger charge is -2.31. The van der Waals surface area contributed by atoms with Gasteiger partial charge in [-0.1, -0.05) is 25.2 Å². The normalized spacial score (nSPS) is 21.8. The molecular formula is C19H21N5. The van der Waals surface area contributed by atoms with E-state index in [2.05, 4.69) is 38.9 Å². The van der Waals surface area contributed by atoms with E-state index in [0.29, 0.717) is 0 Å². The van der Waals surface area contributed by atoms with Gasteiger partial charge in [-0.25, -0.2) is 9.97 Å². The molecule has 1 aliphatic heterocycles. The molecule has 1 unspecified atom stereocenters. The van der Waals surface area contributed by atoms with Crippen LogP contribution in [0.15, 0.2) is 30.8 Å². The summed E-state index contributed by atoms with van der Waals surface area (Å²) in [5.74, 6) is 1.75. The molecule has 24 heavy (non-hydrogen) atoms. The quantitative estimate of drug-likeness (QED) is 0.917. The summed E-state index contributed by atoms with van der Waals surface area (Å²) in [5, 5.41) is 10.3. The van der Waals surface area contributed by atoms with Crippen molar-refractivity contribution in [2.24, 2.45) is 11.8 Å². The van der Waals surface area contributed by atoms with Crippen molar-refractivity contribution in [3.05, 3.63) is 36.3 Å². The third kappa shape index (κ3) is 2.58. The van der Waals surface area contributed by atoms with E-state index in [9.17, 15) is 5.26 Å². The average Bonchev–Trinajstić information content (AvgIpc) is 3.07. The number of H-pyrrole nitrogens is 1. The van der Waals surface area contributed by atoms with Crippen LogP contribution in [-0.4, -0.2) is 28.0 Å². The Morgan fingerprint density at radius 2 is 2.12 bits per heavy atom. The van der Waals surface area contributed by atoms with E-state index in [0.717, 1.165) is 47.8 Å². The number of hydrogen-bond acceptors (Lipinski definition) is 4. The minimum Gasteiger partial charge on any atom is -0.356 e. The zero-order valence-electron chi connectivity index (χ0n) is 13.9. The first kappa shape index (κ1) is 14.9. The number of piperidine rings is 1. The number of anilines is 1. The van der Waals surface area contributed by atoms with Crippen LogP contribution in [0.4, 0.5) is 5.82 Å². The molecule has 0 bridgehead atoms. The Labute approximate surface area is 141 Å². The fraction of sp³-hybridized carbons (Fsp3) is 0.421. The summed E-state index contributed by atoms with van der Waals surface area (Å²) in [6.07, 6.45) is 12.8. The zero-order valence-corrected chi connectivity index (χ0v) is 13.9. The maximum absolute atomic E-state index is 9.23. The Kier molecular flexibility index (Phi) is 3.81. The molecule has 0 spiro atoms. The summed E-state index contributed by atoms with van der Waals surface area (Å²) in [6.45, 7) is 4.39. The smallest absolute Gasteiger partial charge is 0.143 e. The van der Waals surface area contributed by atoms with Crippen molar-refractivity contribution in [1.82, 2.24) is 15.0 Å². The Morgan fingerprint density at radius 3 is 2.92 bits per heavy atom. The minimum atomic E-state index is -0.0566. The van der Waals surface area contributed by atoms with Gasteiger partial charge in [0.2, 0.25) is 0 Å². The summed E-state index contributed by atoms with van der Waals surface area (Å²) >= 11 is 0. The number of aromatic nitrogens is 3. The second-order valence-electron chi connectivity index (χ2n) is 6.81. The highest BCUT2D eigenvalue weighted by atomic mass is 15.2. The molecule has 5 nitrogen and oxygen atoms in total. The van der Waals surface area contributed by atoms with Crippen LogP contribution in [0.5, 0.6) is 0 Å². The predicted molar refractivity (Wildman–Crippen MR) is 95.3 cm³/mol. The Morgan fingerprint density at radius 1 is 1.29 bits per heavy atom. The molecule has 1 saturated heterocycles. The number of nitriles is 1. The number of rotatable bonds is 2. The van der Waals surface area contributed by atoms with Gasteiger partial charge >= 0.3 is 0 Å². The zero-order chi connectivity index (χ0) is 16.5. The van der Waals surface area contributed by atoms with Gasteiger partial charge in [0.15, 0.2) is 0 Å². The van der Waals surface area contributed by atoms with Gasteiger partial charge in [0.05, 0.1) is 17.4 Å². The van der Waals surface area contributed by atoms with Crippen molar-refractivity contribution < 1.29 is 0 Å². The lowest BCUT2D eigenvalue weighted by molar-refractivity contribution is 0.437. The van der Waals surface area contributed by atoms with Crippen LogP contribution in [-0.2, 0) is 0 Å². The van der Waals surface area contributed by atoms with E-state index >= 15 is 0 Å². The van der Waals surface area contributed by atoms with Crippen molar-refractivity contribution in [2.75, 3.05) is 18.0 Å². The second kappa shape index (κ2) is 6.12. The van der Waals surface area contributed by atoms with Crippen LogP contribution in [0, 0.1) is 23.2 Å². The number of fused-ring (bicyclic) bond motifs is 1. The van der Waals surface area contributed by atoms with Gasteiger partial charge in [0.1, 0.15) is 17.8 Å². The molecule has 0 radical (unpaired) electrons. The summed E-state index contributed by atoms with van der Waals surface area (Å²) < 4.78 is 0. The second-order valence-corrected chi connectivity index (χ2v) is 6.81. The fourth-order valence-corrected chi connectivity index (χ4v) is 3.63. The summed E-state index contributed by atoms with van der Waals surface area (Å²) in [6, 6.07) is 2.35. The highest BCUT2D eigenvalue weighted by molar-refractivity contribution is 5.98. The van der Waals surface area contributed by atoms with Crippen LogP contribution in [0.3, 0.4) is 0 Å². The summed E-state index contributed by atoms with van der Waals surface area (Å²) in [4.78, 5) is 14.7. The molecule has 4 rings (SSSR count). The predicted octanol–water partition coefficient (Wildman–Crippen LogP) is 3.68. The maximum atomic E-state index is 9.23. The average molecular weight is 319 g/mol. The molecule has 3 heterocycles. The first-order valence-electron chi connectivity index (χ1n) is 8.60. The van der Waals surface area contributed by atoms with Gasteiger partial charge in [-0.05, 0) is 30.8 Å². The van der Waals surface area contributed by atoms with Gasteiger partial charge in [-0.15, -0.1) is 0 Å². The highest BCUT2D eigenvalue weighted by Crippen LogP contribution is 2.36. The third-order valence-corrected chi connectivity index (χ3v) is 5.13. The maximum Gasteiger partial charge on any atom is 0.143 e. The van der Waals surface area contributed by atoms with E-state index in [1.165, 1.54) is 18.4 Å². The van der Waals surface area contributed by atoms with Crippen LogP contribution in [0.1, 0.15) is 31.7 Å². The first-order chi connectivity index (χ1) is 11.8. The Balaban J connectivity index is 1.77. The van der Waals surface area contributed by atoms with Crippen molar-refractivity contribution in [3.8, 4) is 6.07 Å². The number of allylic oxidation sites excluding steroid dienone is 4. The van der Waals surface area contributed by atoms with Gasteiger partial charge in [0, 0.05) is 24.8 Å². The lowest BCUT2D eigenvalue weighted by Crippen LogP contribution is -2.33. The van der Waals surface area contributed by atoms with Crippen LogP contribution in [0.25, 0.3) is 16.6 Å². The molecule has 0 aromatic carbocycles. The van der Waals surface area contributed by atoms with E-state index in [1.54, 1.807) is 6.33 Å². The third-order valence-electron chi connectivity index (χ3n) is 5.13. The van der Waals surface area contributed by atoms with Crippen LogP contribution >= 0.6 is 0 Å². The standard InChI is InChI=1S/C19H21N5/c1-13-5-7-24(8-6-13)19-17-16(11-21-18(17)22-12-23-19)15-4-2-3-14(9-15)10-20/h2-4,11-14H,5-9H2,1H3,(H,21,22,23). The van der Waals surface area contributed by atoms with E-state index in [-0.39, 0.29) is 5.92 Å². The van der Waals surface area contributed by atoms with Gasteiger partial charge in [-0.3, -0.25) is 0 Å². The van der Waals surface area contributed by atoms with E-state index in [1.807, 2.05) is 18.3 Å². The molecule has 0 saturated carbocycles. The molecule has 1 atom stereocenters. The number of nitrogens with zero attached hydrogens (tertiary/aromatic N) is 4. The van der Waals surface area contributed by atoms with Crippen molar-refractivity contribution in [3.63, 3.8) is 0 Å². The minimum absolute atomic E-state index is 0.0566. The highest BCUT2D eigenvalue weighted by Gasteiger charge is 2.23. The molecule has 5 heteroatoms. The van der Waals surface area contributed by atoms with E-state index in [4.69, 9.17) is 0 Å². The van der Waals surface area contributed by atoms with E-state index < -0.39 is 0 Å². The number of aromatic amines is 1. The first-order valence-corrected chi connectivity index (χ1v) is 8.60. The molecule has 2 aliphatic rings. The molecule has 2 aromatic rings. The Hall–Kier alpha value is -2.61. The lowest BCUT2D eigenvalue weighted by atomic mass is 9.91. The number of hydrogen-bond donors (Lipinski definition) is 1. The Bertz CT molecular complexity index is 846.